The third-order valence-electron chi connectivity index (χ3n) is 4.81. The highest BCUT2D eigenvalue weighted by molar-refractivity contribution is 14.0. The monoisotopic (exact) mass is 518 g/mol. The van der Waals surface area contributed by atoms with Crippen molar-refractivity contribution in [3.05, 3.63) is 23.0 Å². The Hall–Kier alpha value is -0.520. The molecule has 0 amide bonds. The zero-order valence-corrected chi connectivity index (χ0v) is 19.6. The first kappa shape index (κ1) is 23.5. The molecule has 1 aliphatic rings. The Labute approximate surface area is 178 Å². The van der Waals surface area contributed by atoms with Gasteiger partial charge in [-0.3, -0.25) is 4.99 Å². The van der Waals surface area contributed by atoms with Crippen LogP contribution >= 0.6 is 35.6 Å². The second kappa shape index (κ2) is 9.61. The van der Waals surface area contributed by atoms with Crippen LogP contribution in [0, 0.1) is 0 Å². The normalized spacial score (nSPS) is 17.5. The number of halogens is 2. The van der Waals surface area contributed by atoms with Gasteiger partial charge in [-0.1, -0.05) is 11.6 Å². The summed E-state index contributed by atoms with van der Waals surface area (Å²) in [6.07, 6.45) is 4.14. The van der Waals surface area contributed by atoms with Crippen molar-refractivity contribution in [2.24, 2.45) is 12.0 Å². The fraction of sp³-hybridized carbons (Fsp3) is 0.688. The maximum Gasteiger partial charge on any atom is 0.193 e. The average molecular weight is 519 g/mol. The minimum atomic E-state index is -3.22. The van der Waals surface area contributed by atoms with Crippen molar-refractivity contribution in [2.75, 3.05) is 40.1 Å². The van der Waals surface area contributed by atoms with Crippen LogP contribution < -0.4 is 5.32 Å². The molecule has 1 saturated heterocycles. The van der Waals surface area contributed by atoms with E-state index in [0.717, 1.165) is 5.69 Å². The Morgan fingerprint density at radius 1 is 1.46 bits per heavy atom. The van der Waals surface area contributed by atoms with Gasteiger partial charge in [-0.05, 0) is 18.9 Å². The predicted molar refractivity (Wildman–Crippen MR) is 116 cm³/mol. The number of nitrogens with one attached hydrogen (secondary N) is 1. The van der Waals surface area contributed by atoms with Crippen LogP contribution in [0.1, 0.15) is 18.5 Å². The molecule has 2 rings (SSSR count). The van der Waals surface area contributed by atoms with E-state index in [-0.39, 0.29) is 24.0 Å². The SMILES string of the molecule is CN=C(NCC1(S(C)(=O)=O)CCOCC1)N(C)Cc1cc(Cl)cn1C.I. The second-order valence-electron chi connectivity index (χ2n) is 6.58. The topological polar surface area (TPSA) is 75.9 Å². The lowest BCUT2D eigenvalue weighted by Crippen LogP contribution is -2.53. The highest BCUT2D eigenvalue weighted by Gasteiger charge is 2.42. The predicted octanol–water partition coefficient (Wildman–Crippen LogP) is 1.90. The van der Waals surface area contributed by atoms with E-state index in [0.29, 0.717) is 50.1 Å². The highest BCUT2D eigenvalue weighted by atomic mass is 127. The van der Waals surface area contributed by atoms with Gasteiger partial charge in [-0.2, -0.15) is 0 Å². The summed E-state index contributed by atoms with van der Waals surface area (Å²) < 4.78 is 31.2. The molecule has 0 atom stereocenters. The Balaban J connectivity index is 0.00000338. The molecule has 0 bridgehead atoms. The van der Waals surface area contributed by atoms with Crippen molar-refractivity contribution in [2.45, 2.75) is 24.1 Å². The first-order valence-corrected chi connectivity index (χ1v) is 10.5. The van der Waals surface area contributed by atoms with Crippen LogP contribution in [0.25, 0.3) is 0 Å². The van der Waals surface area contributed by atoms with Gasteiger partial charge in [0.25, 0.3) is 0 Å². The van der Waals surface area contributed by atoms with Crippen LogP contribution in [0.15, 0.2) is 17.3 Å². The summed E-state index contributed by atoms with van der Waals surface area (Å²) in [5, 5.41) is 3.92. The quantitative estimate of drug-likeness (QED) is 0.366. The molecule has 2 heterocycles. The van der Waals surface area contributed by atoms with Crippen LogP contribution in [0.5, 0.6) is 0 Å². The van der Waals surface area contributed by atoms with Crippen molar-refractivity contribution < 1.29 is 13.2 Å². The molecule has 1 fully saturated rings. The Morgan fingerprint density at radius 2 is 2.08 bits per heavy atom. The maximum atomic E-state index is 12.4. The number of aliphatic imine (C=N–C) groups is 1. The van der Waals surface area contributed by atoms with E-state index in [1.807, 2.05) is 35.8 Å². The minimum absolute atomic E-state index is 0. The Kier molecular flexibility index (Phi) is 8.69. The van der Waals surface area contributed by atoms with Gasteiger partial charge >= 0.3 is 0 Å². The standard InChI is InChI=1S/C16H27ClN4O3S.HI/c1-18-15(21(3)11-14-9-13(17)10-20(14)2)19-12-16(25(4,22)23)5-7-24-8-6-16;/h9-10H,5-8,11-12H2,1-4H3,(H,18,19);1H. The summed E-state index contributed by atoms with van der Waals surface area (Å²) in [7, 11) is 2.32. The van der Waals surface area contributed by atoms with E-state index < -0.39 is 14.6 Å². The van der Waals surface area contributed by atoms with E-state index in [1.165, 1.54) is 6.26 Å². The molecule has 0 radical (unpaired) electrons. The molecule has 0 saturated carbocycles. The van der Waals surface area contributed by atoms with Crippen LogP contribution in [0.2, 0.25) is 5.02 Å². The summed E-state index contributed by atoms with van der Waals surface area (Å²) in [5.41, 5.74) is 1.04. The lowest BCUT2D eigenvalue weighted by molar-refractivity contribution is 0.0754. The van der Waals surface area contributed by atoms with Crippen LogP contribution in [0.3, 0.4) is 0 Å². The molecular formula is C16H28ClIN4O3S. The first-order valence-electron chi connectivity index (χ1n) is 8.18. The molecule has 0 aliphatic carbocycles. The van der Waals surface area contributed by atoms with Crippen molar-refractivity contribution >= 4 is 51.4 Å². The van der Waals surface area contributed by atoms with Crippen molar-refractivity contribution in [3.63, 3.8) is 0 Å². The average Bonchev–Trinajstić information content (AvgIpc) is 2.85. The summed E-state index contributed by atoms with van der Waals surface area (Å²) >= 11 is 6.03. The number of sulfone groups is 1. The van der Waals surface area contributed by atoms with E-state index in [9.17, 15) is 8.42 Å². The summed E-state index contributed by atoms with van der Waals surface area (Å²) in [6, 6.07) is 1.90. The summed E-state index contributed by atoms with van der Waals surface area (Å²) in [4.78, 5) is 6.23. The molecule has 0 spiro atoms. The summed E-state index contributed by atoms with van der Waals surface area (Å²) in [5.74, 6) is 0.645. The maximum absolute atomic E-state index is 12.4. The van der Waals surface area contributed by atoms with Gasteiger partial charge in [0, 0.05) is 59.0 Å². The van der Waals surface area contributed by atoms with E-state index >= 15 is 0 Å². The molecule has 0 unspecified atom stereocenters. The van der Waals surface area contributed by atoms with Crippen LogP contribution in [-0.2, 0) is 28.2 Å². The first-order chi connectivity index (χ1) is 11.7. The number of aryl methyl sites for hydroxylation is 1. The zero-order valence-electron chi connectivity index (χ0n) is 15.7. The van der Waals surface area contributed by atoms with E-state index in [4.69, 9.17) is 16.3 Å². The van der Waals surface area contributed by atoms with Crippen molar-refractivity contribution in [3.8, 4) is 0 Å². The molecule has 7 nitrogen and oxygen atoms in total. The molecule has 26 heavy (non-hydrogen) atoms. The molecular weight excluding hydrogens is 491 g/mol. The number of hydrogen-bond donors (Lipinski definition) is 1. The Morgan fingerprint density at radius 3 is 2.54 bits per heavy atom. The smallest absolute Gasteiger partial charge is 0.193 e. The lowest BCUT2D eigenvalue weighted by atomic mass is 9.99. The number of nitrogens with zero attached hydrogens (tertiary/aromatic N) is 3. The molecule has 1 aromatic rings. The molecule has 1 aliphatic heterocycles. The molecule has 150 valence electrons. The van der Waals surface area contributed by atoms with Gasteiger partial charge in [0.1, 0.15) is 0 Å². The highest BCUT2D eigenvalue weighted by Crippen LogP contribution is 2.28. The zero-order chi connectivity index (χ0) is 18.7. The fourth-order valence-corrected chi connectivity index (χ4v) is 4.60. The Bertz CT molecular complexity index is 730. The molecule has 1 aromatic heterocycles. The number of aromatic nitrogens is 1. The third-order valence-corrected chi connectivity index (χ3v) is 7.14. The third kappa shape index (κ3) is 5.49. The van der Waals surface area contributed by atoms with Gasteiger partial charge in [-0.15, -0.1) is 24.0 Å². The molecule has 1 N–H and O–H groups in total. The largest absolute Gasteiger partial charge is 0.381 e. The number of guanidine groups is 1. The molecule has 0 aromatic carbocycles. The number of rotatable bonds is 5. The van der Waals surface area contributed by atoms with Crippen LogP contribution in [-0.4, -0.2) is 68.7 Å². The van der Waals surface area contributed by atoms with Crippen LogP contribution in [0.4, 0.5) is 0 Å². The van der Waals surface area contributed by atoms with Crippen molar-refractivity contribution in [1.29, 1.82) is 0 Å². The second-order valence-corrected chi connectivity index (χ2v) is 9.43. The minimum Gasteiger partial charge on any atom is -0.381 e. The summed E-state index contributed by atoms with van der Waals surface area (Å²) in [6.45, 7) is 1.86. The van der Waals surface area contributed by atoms with E-state index in [2.05, 4.69) is 10.3 Å². The van der Waals surface area contributed by atoms with Gasteiger partial charge in [0.05, 0.1) is 16.3 Å². The number of hydrogen-bond acceptors (Lipinski definition) is 4. The van der Waals surface area contributed by atoms with Gasteiger partial charge in [0.15, 0.2) is 15.8 Å². The molecule has 10 heteroatoms. The van der Waals surface area contributed by atoms with Gasteiger partial charge in [-0.25, -0.2) is 8.42 Å². The van der Waals surface area contributed by atoms with E-state index in [1.54, 1.807) is 7.05 Å². The number of ether oxygens (including phenoxy) is 1. The van der Waals surface area contributed by atoms with Gasteiger partial charge < -0.3 is 19.5 Å². The van der Waals surface area contributed by atoms with Crippen molar-refractivity contribution in [1.82, 2.24) is 14.8 Å². The lowest BCUT2D eigenvalue weighted by Gasteiger charge is -2.36. The fourth-order valence-electron chi connectivity index (χ4n) is 3.09. The van der Waals surface area contributed by atoms with Gasteiger partial charge in [0.2, 0.25) is 0 Å².